The first kappa shape index (κ1) is 12.7. The van der Waals surface area contributed by atoms with Gasteiger partial charge in [0.15, 0.2) is 1.41 Å². The molecule has 92 valence electrons. The summed E-state index contributed by atoms with van der Waals surface area (Å²) in [7, 11) is 0. The van der Waals surface area contributed by atoms with Crippen molar-refractivity contribution in [1.82, 2.24) is 5.43 Å². The molecule has 6 nitrogen and oxygen atoms in total. The average molecular weight is 236 g/mol. The summed E-state index contributed by atoms with van der Waals surface area (Å²) in [5.41, 5.74) is 9.75. The molecular weight excluding hydrogens is 220 g/mol. The van der Waals surface area contributed by atoms with Crippen LogP contribution >= 0.6 is 0 Å². The lowest BCUT2D eigenvalue weighted by Gasteiger charge is -1.98. The fourth-order valence-electron chi connectivity index (χ4n) is 0.900. The number of carboxylic acid groups (broad SMARTS) is 1. The summed E-state index contributed by atoms with van der Waals surface area (Å²) < 4.78 is 6.56. The van der Waals surface area contributed by atoms with E-state index in [1.54, 1.807) is 6.21 Å². The summed E-state index contributed by atoms with van der Waals surface area (Å²) in [4.78, 5) is 9.00. The zero-order valence-electron chi connectivity index (χ0n) is 10.7. The molecular formula is C11H16N4O2. The molecule has 0 spiro atoms. The summed E-state index contributed by atoms with van der Waals surface area (Å²) in [6.45, 7) is 3.07. The van der Waals surface area contributed by atoms with Gasteiger partial charge in [-0.15, -0.1) is 0 Å². The molecule has 0 amide bonds. The maximum Gasteiger partial charge on any atom is 0.300 e. The van der Waals surface area contributed by atoms with E-state index < -0.39 is 5.97 Å². The first-order valence-electron chi connectivity index (χ1n) is 5.24. The van der Waals surface area contributed by atoms with Crippen LogP contribution in [0.4, 0.5) is 0 Å². The van der Waals surface area contributed by atoms with E-state index in [0.29, 0.717) is 0 Å². The quantitative estimate of drug-likeness (QED) is 0.347. The molecule has 0 saturated heterocycles. The van der Waals surface area contributed by atoms with Crippen LogP contribution in [0.2, 0.25) is 1.41 Å². The number of carboxylic acids is 1. The first-order valence-corrected chi connectivity index (χ1v) is 4.79. The Morgan fingerprint density at radius 3 is 2.76 bits per heavy atom. The van der Waals surface area contributed by atoms with Gasteiger partial charge in [0.1, 0.15) is 0 Å². The minimum absolute atomic E-state index is 0.0326. The molecule has 0 radical (unpaired) electrons. The second-order valence-electron chi connectivity index (χ2n) is 3.13. The highest BCUT2D eigenvalue weighted by Crippen LogP contribution is 2.02. The lowest BCUT2D eigenvalue weighted by Crippen LogP contribution is -2.25. The Labute approximate surface area is 101 Å². The molecule has 0 aliphatic rings. The van der Waals surface area contributed by atoms with Gasteiger partial charge in [0.25, 0.3) is 5.97 Å². The van der Waals surface area contributed by atoms with Gasteiger partial charge < -0.3 is 10.8 Å². The molecule has 0 aliphatic carbocycles. The number of rotatable bonds is 2. The van der Waals surface area contributed by atoms with E-state index in [1.807, 2.05) is 31.2 Å². The second kappa shape index (κ2) is 7.86. The summed E-state index contributed by atoms with van der Waals surface area (Å²) >= 11 is 0. The highest BCUT2D eigenvalue weighted by atomic mass is 16.4. The lowest BCUT2D eigenvalue weighted by molar-refractivity contribution is -0.134. The highest BCUT2D eigenvalue weighted by molar-refractivity contribution is 5.83. The number of nitrogens with two attached hydrogens (primary N) is 1. The van der Waals surface area contributed by atoms with Crippen molar-refractivity contribution >= 4 is 18.1 Å². The van der Waals surface area contributed by atoms with Crippen molar-refractivity contribution < 1.29 is 11.3 Å². The van der Waals surface area contributed by atoms with Gasteiger partial charge >= 0.3 is 0 Å². The average Bonchev–Trinajstić information content (AvgIpc) is 2.30. The number of aliphatic carboxylic acids is 1. The van der Waals surface area contributed by atoms with Crippen molar-refractivity contribution in [3.05, 3.63) is 35.4 Å². The lowest BCUT2D eigenvalue weighted by atomic mass is 10.1. The van der Waals surface area contributed by atoms with Crippen LogP contribution < -0.4 is 11.2 Å². The third kappa shape index (κ3) is 8.61. The fraction of sp³-hybridized carbons (Fsp3) is 0.182. The van der Waals surface area contributed by atoms with E-state index in [0.717, 1.165) is 18.1 Å². The van der Waals surface area contributed by atoms with Crippen LogP contribution in [-0.4, -0.2) is 23.2 Å². The van der Waals surface area contributed by atoms with E-state index in [2.05, 4.69) is 15.9 Å². The zero-order chi connectivity index (χ0) is 14.0. The molecule has 0 saturated carbocycles. The molecule has 0 unspecified atom stereocenters. The maximum absolute atomic E-state index is 9.00. The molecule has 1 rings (SSSR count). The minimum atomic E-state index is -0.833. The molecule has 0 bridgehead atoms. The van der Waals surface area contributed by atoms with Gasteiger partial charge in [-0.05, 0) is 18.1 Å². The maximum atomic E-state index is 9.00. The zero-order valence-corrected chi connectivity index (χ0v) is 9.71. The molecule has 0 fully saturated rings. The van der Waals surface area contributed by atoms with Crippen LogP contribution in [-0.2, 0) is 4.79 Å². The van der Waals surface area contributed by atoms with Crippen LogP contribution in [0.3, 0.4) is 0 Å². The Balaban J connectivity index is 0.000000631. The Morgan fingerprint density at radius 1 is 1.65 bits per heavy atom. The number of hydrogen-bond donors (Lipinski definition) is 4. The third-order valence-electron chi connectivity index (χ3n) is 1.57. The van der Waals surface area contributed by atoms with Gasteiger partial charge in [0.2, 0.25) is 5.96 Å². The smallest absolute Gasteiger partial charge is 0.300 e. The molecule has 0 aliphatic heterocycles. The Kier molecular flexibility index (Phi) is 5.87. The Bertz CT molecular complexity index is 442. The highest BCUT2D eigenvalue weighted by Gasteiger charge is 1.90. The number of hydrazone groups is 1. The van der Waals surface area contributed by atoms with Crippen LogP contribution in [0.1, 0.15) is 18.1 Å². The van der Waals surface area contributed by atoms with Crippen LogP contribution in [0.25, 0.3) is 0 Å². The molecule has 1 aromatic carbocycles. The summed E-state index contributed by atoms with van der Waals surface area (Å²) in [5, 5.41) is 14.2. The second-order valence-corrected chi connectivity index (χ2v) is 3.13. The van der Waals surface area contributed by atoms with Crippen molar-refractivity contribution in [2.45, 2.75) is 13.8 Å². The standard InChI is InChI=1S/C9H12N4.C2H4O2/c1-7-4-2-3-5-8(7)6-12-13-9(10)11;1-2(3)4/h2-6H,1H3,(H4,10,11,13);1H3,(H,3,4). The van der Waals surface area contributed by atoms with Gasteiger partial charge in [-0.25, -0.2) is 5.43 Å². The van der Waals surface area contributed by atoms with E-state index >= 15 is 0 Å². The molecule has 6 heteroatoms. The van der Waals surface area contributed by atoms with Crippen LogP contribution in [0.15, 0.2) is 29.4 Å². The Hall–Kier alpha value is -2.37. The van der Waals surface area contributed by atoms with Crippen molar-refractivity contribution in [2.24, 2.45) is 10.8 Å². The molecule has 17 heavy (non-hydrogen) atoms. The number of nitrogens with one attached hydrogen (secondary N) is 2. The Morgan fingerprint density at radius 2 is 2.24 bits per heavy atom. The van der Waals surface area contributed by atoms with Crippen LogP contribution in [0.5, 0.6) is 0 Å². The fourth-order valence-corrected chi connectivity index (χ4v) is 0.900. The molecule has 0 atom stereocenters. The summed E-state index contributed by atoms with van der Waals surface area (Å²) in [6, 6.07) is 7.81. The van der Waals surface area contributed by atoms with Gasteiger partial charge in [-0.3, -0.25) is 10.2 Å². The minimum Gasteiger partial charge on any atom is -0.481 e. The van der Waals surface area contributed by atoms with Gasteiger partial charge in [-0.1, -0.05) is 24.3 Å². The van der Waals surface area contributed by atoms with E-state index in [4.69, 9.17) is 17.0 Å². The topological polar surface area (TPSA) is 112 Å². The number of hydrogen-bond acceptors (Lipinski definition) is 3. The van der Waals surface area contributed by atoms with Gasteiger partial charge in [-0.2, -0.15) is 5.10 Å². The number of benzene rings is 1. The monoisotopic (exact) mass is 236 g/mol. The molecule has 0 heterocycles. The summed E-state index contributed by atoms with van der Waals surface area (Å²) in [5.74, 6) is -0.866. The summed E-state index contributed by atoms with van der Waals surface area (Å²) in [6.07, 6.45) is 1.63. The van der Waals surface area contributed by atoms with Gasteiger partial charge in [0.05, 0.1) is 6.21 Å². The predicted octanol–water partition coefficient (Wildman–Crippen LogP) is 0.903. The van der Waals surface area contributed by atoms with Crippen molar-refractivity contribution in [3.63, 3.8) is 0 Å². The third-order valence-corrected chi connectivity index (χ3v) is 1.57. The van der Waals surface area contributed by atoms with Crippen molar-refractivity contribution in [1.29, 1.82) is 5.40 Å². The first-order chi connectivity index (χ1) is 8.47. The largest absolute Gasteiger partial charge is 0.481 e. The number of aryl methyl sites for hydroxylation is 1. The molecule has 1 aromatic rings. The number of guanidine groups is 1. The SMILES string of the molecule is CC(=O)O.[H]/N=C(\N)NN=Cc1ccccc1C. The number of nitrogens with zero attached hydrogens (tertiary/aromatic N) is 1. The predicted molar refractivity (Wildman–Crippen MR) is 67.1 cm³/mol. The number of carbonyl (C=O) groups is 1. The van der Waals surface area contributed by atoms with Gasteiger partial charge in [0, 0.05) is 6.92 Å². The van der Waals surface area contributed by atoms with E-state index in [9.17, 15) is 0 Å². The van der Waals surface area contributed by atoms with Crippen LogP contribution in [0, 0.1) is 12.3 Å². The van der Waals surface area contributed by atoms with E-state index in [-0.39, 0.29) is 5.96 Å². The normalized spacial score (nSPS) is 11.4. The van der Waals surface area contributed by atoms with Crippen molar-refractivity contribution in [3.8, 4) is 0 Å². The van der Waals surface area contributed by atoms with E-state index in [1.165, 1.54) is 0 Å². The molecule has 5 N–H and O–H groups in total. The van der Waals surface area contributed by atoms with Crippen molar-refractivity contribution in [2.75, 3.05) is 0 Å². The molecule has 0 aromatic heterocycles.